The molecule has 0 saturated heterocycles. The normalized spacial score (nSPS) is 11.4. The summed E-state index contributed by atoms with van der Waals surface area (Å²) in [6, 6.07) is 9.31. The summed E-state index contributed by atoms with van der Waals surface area (Å²) in [5.41, 5.74) is 1.65. The Morgan fingerprint density at radius 2 is 1.81 bits per heavy atom. The molecule has 26 heavy (non-hydrogen) atoms. The molecule has 0 aliphatic rings. The lowest BCUT2D eigenvalue weighted by Crippen LogP contribution is -2.38. The SMILES string of the molecule is COc1ccc(Nc2cc(C)nc(NCCNS(=O)(=O)N(C)C)n2)cc1. The van der Waals surface area contributed by atoms with Crippen LogP contribution in [0.3, 0.4) is 0 Å². The van der Waals surface area contributed by atoms with Crippen molar-refractivity contribution in [3.63, 3.8) is 0 Å². The van der Waals surface area contributed by atoms with Crippen LogP contribution in [-0.2, 0) is 10.2 Å². The van der Waals surface area contributed by atoms with E-state index in [-0.39, 0.29) is 6.54 Å². The number of aryl methyl sites for hydroxylation is 1. The number of rotatable bonds is 9. The first-order chi connectivity index (χ1) is 12.3. The van der Waals surface area contributed by atoms with Crippen LogP contribution in [0.25, 0.3) is 0 Å². The van der Waals surface area contributed by atoms with Gasteiger partial charge in [-0.2, -0.15) is 17.7 Å². The first-order valence-electron chi connectivity index (χ1n) is 7.98. The van der Waals surface area contributed by atoms with E-state index in [1.165, 1.54) is 14.1 Å². The Balaban J connectivity index is 1.96. The van der Waals surface area contributed by atoms with Gasteiger partial charge in [0.05, 0.1) is 7.11 Å². The summed E-state index contributed by atoms with van der Waals surface area (Å²) in [5.74, 6) is 1.83. The Bertz CT molecular complexity index is 824. The lowest BCUT2D eigenvalue weighted by atomic mass is 10.3. The molecule has 0 aliphatic carbocycles. The maximum absolute atomic E-state index is 11.6. The number of benzene rings is 1. The molecule has 10 heteroatoms. The highest BCUT2D eigenvalue weighted by molar-refractivity contribution is 7.87. The zero-order valence-corrected chi connectivity index (χ0v) is 16.1. The summed E-state index contributed by atoms with van der Waals surface area (Å²) in [6.07, 6.45) is 0. The van der Waals surface area contributed by atoms with Crippen molar-refractivity contribution in [1.82, 2.24) is 19.0 Å². The van der Waals surface area contributed by atoms with Crippen molar-refractivity contribution >= 4 is 27.7 Å². The predicted molar refractivity (Wildman–Crippen MR) is 102 cm³/mol. The maximum atomic E-state index is 11.6. The lowest BCUT2D eigenvalue weighted by molar-refractivity contribution is 0.415. The van der Waals surface area contributed by atoms with Gasteiger partial charge in [0.2, 0.25) is 5.95 Å². The van der Waals surface area contributed by atoms with Gasteiger partial charge in [-0.1, -0.05) is 0 Å². The van der Waals surface area contributed by atoms with Gasteiger partial charge in [0.15, 0.2) is 0 Å². The molecule has 1 aromatic heterocycles. The largest absolute Gasteiger partial charge is 0.497 e. The predicted octanol–water partition coefficient (Wildman–Crippen LogP) is 1.35. The van der Waals surface area contributed by atoms with Crippen LogP contribution >= 0.6 is 0 Å². The van der Waals surface area contributed by atoms with Crippen LogP contribution in [0.2, 0.25) is 0 Å². The molecule has 142 valence electrons. The molecule has 0 amide bonds. The highest BCUT2D eigenvalue weighted by Crippen LogP contribution is 2.19. The van der Waals surface area contributed by atoms with Crippen molar-refractivity contribution < 1.29 is 13.2 Å². The minimum absolute atomic E-state index is 0.221. The van der Waals surface area contributed by atoms with Crippen molar-refractivity contribution in [2.45, 2.75) is 6.92 Å². The van der Waals surface area contributed by atoms with E-state index >= 15 is 0 Å². The minimum Gasteiger partial charge on any atom is -0.497 e. The molecule has 0 aliphatic heterocycles. The first-order valence-corrected chi connectivity index (χ1v) is 9.42. The summed E-state index contributed by atoms with van der Waals surface area (Å²) in [5, 5.41) is 6.21. The number of hydrogen-bond donors (Lipinski definition) is 3. The minimum atomic E-state index is -3.44. The molecular formula is C16H24N6O3S. The van der Waals surface area contributed by atoms with E-state index in [0.29, 0.717) is 18.3 Å². The number of aromatic nitrogens is 2. The number of ether oxygens (including phenoxy) is 1. The average Bonchev–Trinajstić information content (AvgIpc) is 2.59. The zero-order chi connectivity index (χ0) is 19.2. The summed E-state index contributed by atoms with van der Waals surface area (Å²) in [4.78, 5) is 8.69. The van der Waals surface area contributed by atoms with Crippen LogP contribution in [0.1, 0.15) is 5.69 Å². The number of nitrogens with one attached hydrogen (secondary N) is 3. The Morgan fingerprint density at radius 3 is 2.42 bits per heavy atom. The highest BCUT2D eigenvalue weighted by atomic mass is 32.2. The van der Waals surface area contributed by atoms with Crippen LogP contribution in [0.5, 0.6) is 5.75 Å². The van der Waals surface area contributed by atoms with Crippen molar-refractivity contribution in [1.29, 1.82) is 0 Å². The number of nitrogens with zero attached hydrogens (tertiary/aromatic N) is 3. The third kappa shape index (κ3) is 5.83. The quantitative estimate of drug-likeness (QED) is 0.563. The summed E-state index contributed by atoms with van der Waals surface area (Å²) < 4.78 is 32.0. The second kappa shape index (κ2) is 8.79. The Labute approximate surface area is 154 Å². The standard InChI is InChI=1S/C16H24N6O3S/c1-12-11-15(20-13-5-7-14(25-4)8-6-13)21-16(19-12)17-9-10-18-26(23,24)22(2)3/h5-8,11,18H,9-10H2,1-4H3,(H2,17,19,20,21). The van der Waals surface area contributed by atoms with Crippen LogP contribution in [0, 0.1) is 6.92 Å². The topological polar surface area (TPSA) is 108 Å². The molecule has 0 bridgehead atoms. The maximum Gasteiger partial charge on any atom is 0.278 e. The van der Waals surface area contributed by atoms with Gasteiger partial charge in [-0.05, 0) is 31.2 Å². The fourth-order valence-corrected chi connectivity index (χ4v) is 2.64. The molecule has 2 aromatic rings. The van der Waals surface area contributed by atoms with Crippen LogP contribution in [0.4, 0.5) is 17.5 Å². The smallest absolute Gasteiger partial charge is 0.278 e. The number of hydrogen-bond acceptors (Lipinski definition) is 7. The van der Waals surface area contributed by atoms with Crippen LogP contribution < -0.4 is 20.1 Å². The molecule has 0 atom stereocenters. The van der Waals surface area contributed by atoms with Crippen LogP contribution in [0.15, 0.2) is 30.3 Å². The second-order valence-electron chi connectivity index (χ2n) is 5.68. The van der Waals surface area contributed by atoms with Crippen molar-refractivity contribution in [2.24, 2.45) is 0 Å². The number of anilines is 3. The zero-order valence-electron chi connectivity index (χ0n) is 15.3. The summed E-state index contributed by atoms with van der Waals surface area (Å²) >= 11 is 0. The summed E-state index contributed by atoms with van der Waals surface area (Å²) in [7, 11) is 1.12. The molecule has 0 unspecified atom stereocenters. The number of methoxy groups -OCH3 is 1. The van der Waals surface area contributed by atoms with Gasteiger partial charge >= 0.3 is 0 Å². The van der Waals surface area contributed by atoms with Gasteiger partial charge in [-0.15, -0.1) is 0 Å². The van der Waals surface area contributed by atoms with E-state index in [4.69, 9.17) is 4.74 Å². The van der Waals surface area contributed by atoms with Gasteiger partial charge < -0.3 is 15.4 Å². The van der Waals surface area contributed by atoms with Gasteiger partial charge in [0.1, 0.15) is 11.6 Å². The van der Waals surface area contributed by atoms with Crippen molar-refractivity contribution in [3.05, 3.63) is 36.0 Å². The molecule has 9 nitrogen and oxygen atoms in total. The lowest BCUT2D eigenvalue weighted by Gasteiger charge is -2.13. The van der Waals surface area contributed by atoms with E-state index in [1.807, 2.05) is 37.3 Å². The third-order valence-electron chi connectivity index (χ3n) is 3.39. The van der Waals surface area contributed by atoms with Crippen molar-refractivity contribution in [2.75, 3.05) is 44.9 Å². The van der Waals surface area contributed by atoms with Gasteiger partial charge in [-0.3, -0.25) is 0 Å². The van der Waals surface area contributed by atoms with Crippen molar-refractivity contribution in [3.8, 4) is 5.75 Å². The van der Waals surface area contributed by atoms with Gasteiger partial charge in [-0.25, -0.2) is 9.71 Å². The molecule has 1 heterocycles. The second-order valence-corrected chi connectivity index (χ2v) is 7.65. The molecule has 0 saturated carbocycles. The fourth-order valence-electron chi connectivity index (χ4n) is 2.02. The highest BCUT2D eigenvalue weighted by Gasteiger charge is 2.11. The van der Waals surface area contributed by atoms with E-state index in [0.717, 1.165) is 21.4 Å². The first kappa shape index (κ1) is 19.9. The Kier molecular flexibility index (Phi) is 6.72. The molecule has 2 rings (SSSR count). The van der Waals surface area contributed by atoms with Gasteiger partial charge in [0, 0.05) is 44.6 Å². The fraction of sp³-hybridized carbons (Fsp3) is 0.375. The molecule has 1 aromatic carbocycles. The van der Waals surface area contributed by atoms with E-state index < -0.39 is 10.2 Å². The van der Waals surface area contributed by atoms with E-state index in [2.05, 4.69) is 25.3 Å². The molecule has 3 N–H and O–H groups in total. The molecule has 0 spiro atoms. The Morgan fingerprint density at radius 1 is 1.12 bits per heavy atom. The van der Waals surface area contributed by atoms with E-state index in [1.54, 1.807) is 7.11 Å². The third-order valence-corrected chi connectivity index (χ3v) is 4.92. The monoisotopic (exact) mass is 380 g/mol. The molecule has 0 fully saturated rings. The molecular weight excluding hydrogens is 356 g/mol. The van der Waals surface area contributed by atoms with Crippen LogP contribution in [-0.4, -0.2) is 57.0 Å². The van der Waals surface area contributed by atoms with Gasteiger partial charge in [0.25, 0.3) is 10.2 Å². The van der Waals surface area contributed by atoms with E-state index in [9.17, 15) is 8.42 Å². The summed E-state index contributed by atoms with van der Waals surface area (Å²) in [6.45, 7) is 2.44. The molecule has 0 radical (unpaired) electrons. The Hall–Kier alpha value is -2.43. The average molecular weight is 380 g/mol.